The minimum absolute atomic E-state index is 0.0206. The Bertz CT molecular complexity index is 305. The molecular weight excluding hydrogens is 230 g/mol. The Morgan fingerprint density at radius 3 is 2.72 bits per heavy atom. The maximum absolute atomic E-state index is 12.1. The normalized spacial score (nSPS) is 22.2. The zero-order chi connectivity index (χ0) is 13.7. The van der Waals surface area contributed by atoms with Gasteiger partial charge in [-0.05, 0) is 18.8 Å². The van der Waals surface area contributed by atoms with E-state index in [1.54, 1.807) is 11.9 Å². The first-order chi connectivity index (χ1) is 8.43. The lowest BCUT2D eigenvalue weighted by atomic mass is 9.94. The molecule has 0 saturated carbocycles. The number of likely N-dealkylation sites (tertiary alicyclic amines) is 1. The second kappa shape index (κ2) is 6.73. The van der Waals surface area contributed by atoms with E-state index in [4.69, 9.17) is 5.73 Å². The van der Waals surface area contributed by atoms with Crippen molar-refractivity contribution in [3.8, 4) is 0 Å². The Balaban J connectivity index is 2.46. The highest BCUT2D eigenvalue weighted by atomic mass is 16.2. The zero-order valence-corrected chi connectivity index (χ0v) is 11.6. The van der Waals surface area contributed by atoms with Crippen molar-refractivity contribution < 1.29 is 9.59 Å². The lowest BCUT2D eigenvalue weighted by molar-refractivity contribution is -0.139. The molecule has 2 atom stereocenters. The SMILES string of the molecule is CC(C)CC(CN)NC(=O)C1CCN(C)C(=O)C1. The third kappa shape index (κ3) is 4.29. The number of carbonyl (C=O) groups is 2. The molecule has 0 aromatic rings. The number of nitrogens with two attached hydrogens (primary N) is 1. The summed E-state index contributed by atoms with van der Waals surface area (Å²) in [6.07, 6.45) is 1.94. The molecule has 0 bridgehead atoms. The van der Waals surface area contributed by atoms with Crippen LogP contribution in [0.4, 0.5) is 0 Å². The number of hydrogen-bond donors (Lipinski definition) is 2. The van der Waals surface area contributed by atoms with Crippen molar-refractivity contribution in [2.75, 3.05) is 20.1 Å². The van der Waals surface area contributed by atoms with Crippen LogP contribution >= 0.6 is 0 Å². The summed E-state index contributed by atoms with van der Waals surface area (Å²) in [4.78, 5) is 25.3. The van der Waals surface area contributed by atoms with Crippen LogP contribution in [0.25, 0.3) is 0 Å². The number of rotatable bonds is 5. The van der Waals surface area contributed by atoms with Crippen molar-refractivity contribution in [2.24, 2.45) is 17.6 Å². The van der Waals surface area contributed by atoms with E-state index in [1.165, 1.54) is 0 Å². The molecule has 18 heavy (non-hydrogen) atoms. The Hall–Kier alpha value is -1.10. The highest BCUT2D eigenvalue weighted by Crippen LogP contribution is 2.17. The number of nitrogens with one attached hydrogen (secondary N) is 1. The molecule has 2 amide bonds. The Labute approximate surface area is 109 Å². The van der Waals surface area contributed by atoms with Crippen LogP contribution in [0.2, 0.25) is 0 Å². The fourth-order valence-corrected chi connectivity index (χ4v) is 2.27. The molecule has 0 aromatic heterocycles. The second-order valence-electron chi connectivity index (χ2n) is 5.58. The molecule has 1 heterocycles. The molecule has 104 valence electrons. The van der Waals surface area contributed by atoms with Crippen LogP contribution in [0.1, 0.15) is 33.1 Å². The average molecular weight is 255 g/mol. The molecule has 0 aromatic carbocycles. The zero-order valence-electron chi connectivity index (χ0n) is 11.6. The smallest absolute Gasteiger partial charge is 0.223 e. The Morgan fingerprint density at radius 2 is 2.22 bits per heavy atom. The summed E-state index contributed by atoms with van der Waals surface area (Å²) in [6.45, 7) is 5.32. The molecule has 1 fully saturated rings. The van der Waals surface area contributed by atoms with E-state index in [0.717, 1.165) is 12.8 Å². The molecule has 5 heteroatoms. The predicted octanol–water partition coefficient (Wildman–Crippen LogP) is 0.344. The van der Waals surface area contributed by atoms with Crippen molar-refractivity contribution in [1.29, 1.82) is 0 Å². The first-order valence-electron chi connectivity index (χ1n) is 6.68. The highest BCUT2D eigenvalue weighted by molar-refractivity contribution is 5.86. The van der Waals surface area contributed by atoms with Crippen LogP contribution in [0, 0.1) is 11.8 Å². The van der Waals surface area contributed by atoms with E-state index >= 15 is 0 Å². The number of piperidine rings is 1. The van der Waals surface area contributed by atoms with Crippen LogP contribution in [-0.2, 0) is 9.59 Å². The van der Waals surface area contributed by atoms with Crippen LogP contribution < -0.4 is 11.1 Å². The summed E-state index contributed by atoms with van der Waals surface area (Å²) >= 11 is 0. The van der Waals surface area contributed by atoms with Crippen LogP contribution in [-0.4, -0.2) is 42.9 Å². The quantitative estimate of drug-likeness (QED) is 0.744. The van der Waals surface area contributed by atoms with E-state index in [0.29, 0.717) is 25.4 Å². The highest BCUT2D eigenvalue weighted by Gasteiger charge is 2.29. The van der Waals surface area contributed by atoms with Gasteiger partial charge in [-0.2, -0.15) is 0 Å². The first-order valence-corrected chi connectivity index (χ1v) is 6.68. The molecule has 5 nitrogen and oxygen atoms in total. The summed E-state index contributed by atoms with van der Waals surface area (Å²) in [6, 6.07) is 0.0206. The molecule has 1 saturated heterocycles. The van der Waals surface area contributed by atoms with Gasteiger partial charge in [0.05, 0.1) is 0 Å². The molecule has 3 N–H and O–H groups in total. The molecular formula is C13H25N3O2. The van der Waals surface area contributed by atoms with E-state index in [-0.39, 0.29) is 23.8 Å². The van der Waals surface area contributed by atoms with Gasteiger partial charge in [0.15, 0.2) is 0 Å². The number of amides is 2. The number of nitrogens with zero attached hydrogens (tertiary/aromatic N) is 1. The van der Waals surface area contributed by atoms with Crippen LogP contribution in [0.5, 0.6) is 0 Å². The number of hydrogen-bond acceptors (Lipinski definition) is 3. The van der Waals surface area contributed by atoms with E-state index < -0.39 is 0 Å². The Kier molecular flexibility index (Phi) is 5.59. The third-order valence-corrected chi connectivity index (χ3v) is 3.42. The monoisotopic (exact) mass is 255 g/mol. The van der Waals surface area contributed by atoms with Gasteiger partial charge in [-0.15, -0.1) is 0 Å². The fraction of sp³-hybridized carbons (Fsp3) is 0.846. The van der Waals surface area contributed by atoms with E-state index in [1.807, 2.05) is 0 Å². The third-order valence-electron chi connectivity index (χ3n) is 3.42. The summed E-state index contributed by atoms with van der Waals surface area (Å²) in [7, 11) is 1.78. The molecule has 0 radical (unpaired) electrons. The standard InChI is InChI=1S/C13H25N3O2/c1-9(2)6-11(8-14)15-13(18)10-4-5-16(3)12(17)7-10/h9-11H,4-8,14H2,1-3H3,(H,15,18). The van der Waals surface area contributed by atoms with Crippen LogP contribution in [0.15, 0.2) is 0 Å². The predicted molar refractivity (Wildman–Crippen MR) is 70.8 cm³/mol. The lowest BCUT2D eigenvalue weighted by Gasteiger charge is -2.29. The minimum atomic E-state index is -0.185. The summed E-state index contributed by atoms with van der Waals surface area (Å²) in [5, 5.41) is 2.97. The summed E-state index contributed by atoms with van der Waals surface area (Å²) in [5.41, 5.74) is 5.66. The van der Waals surface area contributed by atoms with Crippen molar-refractivity contribution in [3.63, 3.8) is 0 Å². The van der Waals surface area contributed by atoms with E-state index in [2.05, 4.69) is 19.2 Å². The molecule has 1 aliphatic rings. The van der Waals surface area contributed by atoms with Gasteiger partial charge < -0.3 is 16.0 Å². The van der Waals surface area contributed by atoms with Crippen molar-refractivity contribution in [3.05, 3.63) is 0 Å². The minimum Gasteiger partial charge on any atom is -0.352 e. The van der Waals surface area contributed by atoms with Crippen molar-refractivity contribution in [2.45, 2.75) is 39.2 Å². The summed E-state index contributed by atoms with van der Waals surface area (Å²) < 4.78 is 0. The molecule has 2 unspecified atom stereocenters. The van der Waals surface area contributed by atoms with Gasteiger partial charge in [-0.1, -0.05) is 13.8 Å². The maximum Gasteiger partial charge on any atom is 0.223 e. The average Bonchev–Trinajstić information content (AvgIpc) is 2.31. The van der Waals surface area contributed by atoms with Gasteiger partial charge in [0.2, 0.25) is 11.8 Å². The van der Waals surface area contributed by atoms with Gasteiger partial charge in [0.25, 0.3) is 0 Å². The molecule has 1 rings (SSSR count). The fourth-order valence-electron chi connectivity index (χ4n) is 2.27. The molecule has 0 spiro atoms. The van der Waals surface area contributed by atoms with Crippen molar-refractivity contribution >= 4 is 11.8 Å². The van der Waals surface area contributed by atoms with Gasteiger partial charge in [-0.25, -0.2) is 0 Å². The van der Waals surface area contributed by atoms with Crippen LogP contribution in [0.3, 0.4) is 0 Å². The van der Waals surface area contributed by atoms with E-state index in [9.17, 15) is 9.59 Å². The largest absolute Gasteiger partial charge is 0.352 e. The second-order valence-corrected chi connectivity index (χ2v) is 5.58. The Morgan fingerprint density at radius 1 is 1.56 bits per heavy atom. The van der Waals surface area contributed by atoms with Crippen molar-refractivity contribution in [1.82, 2.24) is 10.2 Å². The summed E-state index contributed by atoms with van der Waals surface area (Å²) in [5.74, 6) is 0.343. The number of carbonyl (C=O) groups excluding carboxylic acids is 2. The maximum atomic E-state index is 12.1. The van der Waals surface area contributed by atoms with Gasteiger partial charge in [0.1, 0.15) is 0 Å². The first kappa shape index (κ1) is 15.0. The topological polar surface area (TPSA) is 75.4 Å². The molecule has 0 aliphatic carbocycles. The molecule has 1 aliphatic heterocycles. The van der Waals surface area contributed by atoms with Gasteiger partial charge >= 0.3 is 0 Å². The van der Waals surface area contributed by atoms with Gasteiger partial charge in [0, 0.05) is 38.5 Å². The lowest BCUT2D eigenvalue weighted by Crippen LogP contribution is -2.47. The van der Waals surface area contributed by atoms with Gasteiger partial charge in [-0.3, -0.25) is 9.59 Å².